The van der Waals surface area contributed by atoms with Crippen LogP contribution in [0, 0.1) is 6.92 Å². The van der Waals surface area contributed by atoms with E-state index < -0.39 is 0 Å². The zero-order valence-corrected chi connectivity index (χ0v) is 25.9. The quantitative estimate of drug-likeness (QED) is 0.259. The zero-order chi connectivity index (χ0) is 29.7. The van der Waals surface area contributed by atoms with Crippen molar-refractivity contribution >= 4 is 0 Å². The lowest BCUT2D eigenvalue weighted by atomic mass is 9.76. The molecule has 0 unspecified atom stereocenters. The number of aryl methyl sites for hydroxylation is 1. The van der Waals surface area contributed by atoms with Crippen molar-refractivity contribution < 1.29 is 10.2 Å². The van der Waals surface area contributed by atoms with Crippen molar-refractivity contribution in [2.45, 2.75) is 71.4 Å². The van der Waals surface area contributed by atoms with Gasteiger partial charge in [0, 0.05) is 36.3 Å². The standard InChI is InChI=1S/C20H23NO.C19H21NO/c1-3-8-21-9-7-15-10-13(2)11-16-19(15)17(21)12-14-5-4-6-18(22)20(14)16;1-2-10-20-11-9-13-5-3-7-15-18(13)16(20)12-14-6-4-8-17(21)19(14)15/h4-6,10-11,17,22H,3,7-9,12H2,1-2H3;3-8,16,21H,2,9-12H2,1H3/t17-;16-/m11/s1. The fraction of sp³-hybridized carbons (Fsp3) is 0.385. The molecule has 0 saturated carbocycles. The molecule has 4 heteroatoms. The Hall–Kier alpha value is -3.60. The molecule has 2 aliphatic carbocycles. The van der Waals surface area contributed by atoms with E-state index in [1.54, 1.807) is 0 Å². The molecule has 0 radical (unpaired) electrons. The Bertz CT molecular complexity index is 1670. The molecule has 4 aromatic rings. The molecule has 4 aliphatic rings. The molecule has 0 amide bonds. The summed E-state index contributed by atoms with van der Waals surface area (Å²) in [6.07, 6.45) is 6.69. The minimum atomic E-state index is 0.423. The van der Waals surface area contributed by atoms with Crippen molar-refractivity contribution in [3.05, 3.63) is 106 Å². The number of benzene rings is 4. The Morgan fingerprint density at radius 3 is 1.74 bits per heavy atom. The van der Waals surface area contributed by atoms with Crippen molar-refractivity contribution in [2.24, 2.45) is 0 Å². The summed E-state index contributed by atoms with van der Waals surface area (Å²) < 4.78 is 0. The Balaban J connectivity index is 0.000000140. The number of hydrogen-bond acceptors (Lipinski definition) is 4. The molecule has 43 heavy (non-hydrogen) atoms. The molecule has 0 fully saturated rings. The molecule has 4 aromatic carbocycles. The first-order valence-electron chi connectivity index (χ1n) is 16.3. The summed E-state index contributed by atoms with van der Waals surface area (Å²) in [4.78, 5) is 5.26. The van der Waals surface area contributed by atoms with E-state index >= 15 is 0 Å². The molecule has 2 aliphatic heterocycles. The van der Waals surface area contributed by atoms with Gasteiger partial charge in [-0.2, -0.15) is 0 Å². The average molecular weight is 573 g/mol. The zero-order valence-electron chi connectivity index (χ0n) is 25.9. The summed E-state index contributed by atoms with van der Waals surface area (Å²) in [5.41, 5.74) is 14.4. The summed E-state index contributed by atoms with van der Waals surface area (Å²) in [7, 11) is 0. The van der Waals surface area contributed by atoms with Crippen LogP contribution in [-0.4, -0.2) is 46.2 Å². The molecule has 2 N–H and O–H groups in total. The van der Waals surface area contributed by atoms with Gasteiger partial charge in [0.25, 0.3) is 0 Å². The first kappa shape index (κ1) is 28.2. The van der Waals surface area contributed by atoms with Crippen molar-refractivity contribution in [3.63, 3.8) is 0 Å². The Morgan fingerprint density at radius 2 is 1.14 bits per heavy atom. The normalized spacial score (nSPS) is 19.8. The van der Waals surface area contributed by atoms with Crippen molar-refractivity contribution in [3.8, 4) is 33.8 Å². The van der Waals surface area contributed by atoms with Gasteiger partial charge in [0.05, 0.1) is 0 Å². The van der Waals surface area contributed by atoms with Crippen molar-refractivity contribution in [2.75, 3.05) is 26.2 Å². The highest BCUT2D eigenvalue weighted by atomic mass is 16.3. The summed E-state index contributed by atoms with van der Waals surface area (Å²) in [5.74, 6) is 0.850. The number of aromatic hydroxyl groups is 2. The van der Waals surface area contributed by atoms with Crippen molar-refractivity contribution in [1.82, 2.24) is 9.80 Å². The van der Waals surface area contributed by atoms with Crippen LogP contribution in [-0.2, 0) is 25.7 Å². The first-order valence-corrected chi connectivity index (χ1v) is 16.3. The molecule has 2 atom stereocenters. The maximum absolute atomic E-state index is 10.4. The molecular formula is C39H44N2O2. The van der Waals surface area contributed by atoms with Gasteiger partial charge in [0.15, 0.2) is 0 Å². The smallest absolute Gasteiger partial charge is 0.123 e. The van der Waals surface area contributed by atoms with E-state index in [0.29, 0.717) is 23.6 Å². The molecule has 0 aromatic heterocycles. The van der Waals surface area contributed by atoms with Crippen LogP contribution in [0.1, 0.15) is 77.7 Å². The third kappa shape index (κ3) is 4.85. The van der Waals surface area contributed by atoms with Gasteiger partial charge >= 0.3 is 0 Å². The van der Waals surface area contributed by atoms with Crippen LogP contribution in [0.5, 0.6) is 11.5 Å². The predicted molar refractivity (Wildman–Crippen MR) is 176 cm³/mol. The van der Waals surface area contributed by atoms with Gasteiger partial charge in [-0.05, 0) is 115 Å². The highest BCUT2D eigenvalue weighted by molar-refractivity contribution is 5.81. The van der Waals surface area contributed by atoms with Gasteiger partial charge in [-0.25, -0.2) is 0 Å². The van der Waals surface area contributed by atoms with Crippen LogP contribution in [0.2, 0.25) is 0 Å². The third-order valence-electron chi connectivity index (χ3n) is 10.1. The second-order valence-corrected chi connectivity index (χ2v) is 12.9. The molecule has 2 heterocycles. The van der Waals surface area contributed by atoms with Gasteiger partial charge in [-0.15, -0.1) is 0 Å². The van der Waals surface area contributed by atoms with Crippen LogP contribution >= 0.6 is 0 Å². The highest BCUT2D eigenvalue weighted by Gasteiger charge is 2.36. The first-order chi connectivity index (χ1) is 21.0. The molecule has 0 saturated heterocycles. The summed E-state index contributed by atoms with van der Waals surface area (Å²) in [6.45, 7) is 11.3. The van der Waals surface area contributed by atoms with E-state index in [0.717, 1.165) is 63.0 Å². The molecule has 8 rings (SSSR count). The molecule has 0 bridgehead atoms. The topological polar surface area (TPSA) is 46.9 Å². The van der Waals surface area contributed by atoms with Gasteiger partial charge in [0.1, 0.15) is 11.5 Å². The van der Waals surface area contributed by atoms with E-state index in [4.69, 9.17) is 0 Å². The Labute approximate surface area is 256 Å². The van der Waals surface area contributed by atoms with Crippen LogP contribution in [0.25, 0.3) is 22.3 Å². The number of nitrogens with zero attached hydrogens (tertiary/aromatic N) is 2. The minimum Gasteiger partial charge on any atom is -0.507 e. The lowest BCUT2D eigenvalue weighted by Crippen LogP contribution is -2.38. The Kier molecular flexibility index (Phi) is 7.53. The molecule has 4 nitrogen and oxygen atoms in total. The van der Waals surface area contributed by atoms with E-state index in [1.807, 2.05) is 24.3 Å². The molecule has 0 spiro atoms. The number of hydrogen-bond donors (Lipinski definition) is 2. The van der Waals surface area contributed by atoms with E-state index in [2.05, 4.69) is 73.0 Å². The van der Waals surface area contributed by atoms with Crippen LogP contribution in [0.4, 0.5) is 0 Å². The lowest BCUT2D eigenvalue weighted by Gasteiger charge is -2.42. The monoisotopic (exact) mass is 572 g/mol. The van der Waals surface area contributed by atoms with Crippen LogP contribution in [0.3, 0.4) is 0 Å². The van der Waals surface area contributed by atoms with Gasteiger partial charge in [-0.1, -0.05) is 74.0 Å². The SMILES string of the molecule is CCCN1CCc2cc(C)cc3c2[C@H]1Cc1cccc(O)c1-3.CCCN1CCc2cccc3c2[C@H]1Cc1cccc(O)c1-3. The minimum absolute atomic E-state index is 0.423. The summed E-state index contributed by atoms with van der Waals surface area (Å²) in [6, 6.07) is 24.1. The van der Waals surface area contributed by atoms with Gasteiger partial charge in [-0.3, -0.25) is 9.80 Å². The van der Waals surface area contributed by atoms with E-state index in [-0.39, 0.29) is 0 Å². The highest BCUT2D eigenvalue weighted by Crippen LogP contribution is 2.49. The van der Waals surface area contributed by atoms with Gasteiger partial charge < -0.3 is 10.2 Å². The number of phenols is 2. The fourth-order valence-electron chi connectivity index (χ4n) is 8.45. The number of phenolic OH excluding ortho intramolecular Hbond substituents is 2. The maximum atomic E-state index is 10.4. The second-order valence-electron chi connectivity index (χ2n) is 12.9. The average Bonchev–Trinajstić information content (AvgIpc) is 3.00. The van der Waals surface area contributed by atoms with E-state index in [9.17, 15) is 10.2 Å². The number of fused-ring (bicyclic) bond motifs is 4. The van der Waals surface area contributed by atoms with E-state index in [1.165, 1.54) is 62.9 Å². The fourth-order valence-corrected chi connectivity index (χ4v) is 8.45. The summed E-state index contributed by atoms with van der Waals surface area (Å²) in [5, 5.41) is 20.7. The van der Waals surface area contributed by atoms with Crippen LogP contribution in [0.15, 0.2) is 66.7 Å². The maximum Gasteiger partial charge on any atom is 0.123 e. The summed E-state index contributed by atoms with van der Waals surface area (Å²) >= 11 is 0. The lowest BCUT2D eigenvalue weighted by molar-refractivity contribution is 0.183. The number of rotatable bonds is 4. The predicted octanol–water partition coefficient (Wildman–Crippen LogP) is 8.16. The van der Waals surface area contributed by atoms with Gasteiger partial charge in [0.2, 0.25) is 0 Å². The van der Waals surface area contributed by atoms with Crippen molar-refractivity contribution in [1.29, 1.82) is 0 Å². The van der Waals surface area contributed by atoms with Crippen LogP contribution < -0.4 is 0 Å². The largest absolute Gasteiger partial charge is 0.507 e. The molecular weight excluding hydrogens is 528 g/mol. The Morgan fingerprint density at radius 1 is 0.628 bits per heavy atom. The molecule has 222 valence electrons. The second kappa shape index (κ2) is 11.5. The third-order valence-corrected chi connectivity index (χ3v) is 10.1.